The second kappa shape index (κ2) is 15.8. The summed E-state index contributed by atoms with van der Waals surface area (Å²) in [6.45, 7) is 15.1. The maximum Gasteiger partial charge on any atom is 0.0462 e. The van der Waals surface area contributed by atoms with E-state index in [0.717, 1.165) is 28.2 Å². The minimum absolute atomic E-state index is 1.11. The molecule has 0 spiro atoms. The molecule has 1 nitrogen and oxygen atoms in total. The molecular weight excluding hydrogens is 651 g/mol. The molecule has 54 heavy (non-hydrogen) atoms. The third kappa shape index (κ3) is 8.22. The van der Waals surface area contributed by atoms with Crippen molar-refractivity contribution in [2.24, 2.45) is 0 Å². The van der Waals surface area contributed by atoms with Crippen molar-refractivity contribution in [2.75, 3.05) is 4.90 Å². The Morgan fingerprint density at radius 3 is 0.944 bits per heavy atom. The summed E-state index contributed by atoms with van der Waals surface area (Å²) in [5.74, 6) is 0. The Kier molecular flexibility index (Phi) is 10.6. The largest absolute Gasteiger partial charge is 0.311 e. The maximum atomic E-state index is 2.34. The second-order valence-electron chi connectivity index (χ2n) is 14.8. The molecular formula is C53H49N. The molecule has 0 aromatic heterocycles. The van der Waals surface area contributed by atoms with E-state index in [0.29, 0.717) is 0 Å². The van der Waals surface area contributed by atoms with E-state index in [9.17, 15) is 0 Å². The van der Waals surface area contributed by atoms with Gasteiger partial charge in [-0.25, -0.2) is 0 Å². The summed E-state index contributed by atoms with van der Waals surface area (Å²) in [4.78, 5) is 2.34. The van der Waals surface area contributed by atoms with Crippen LogP contribution in [0.1, 0.15) is 72.3 Å². The number of nitrogens with zero attached hydrogens (tertiary/aromatic N) is 1. The Morgan fingerprint density at radius 2 is 0.611 bits per heavy atom. The number of rotatable bonds is 9. The molecule has 1 heteroatoms. The van der Waals surface area contributed by atoms with Crippen molar-refractivity contribution in [3.05, 3.63) is 230 Å². The Labute approximate surface area is 322 Å². The van der Waals surface area contributed by atoms with Gasteiger partial charge in [0.25, 0.3) is 0 Å². The lowest BCUT2D eigenvalue weighted by Crippen LogP contribution is -2.09. The Balaban J connectivity index is 1.26. The van der Waals surface area contributed by atoms with Crippen molar-refractivity contribution in [1.82, 2.24) is 0 Å². The van der Waals surface area contributed by atoms with E-state index in [2.05, 4.69) is 223 Å². The fraction of sp³-hybridized carbons (Fsp3) is 0.132. The van der Waals surface area contributed by atoms with Gasteiger partial charge in [-0.1, -0.05) is 138 Å². The first-order valence-electron chi connectivity index (χ1n) is 18.9. The molecule has 0 saturated heterocycles. The molecule has 0 unspecified atom stereocenters. The summed E-state index contributed by atoms with van der Waals surface area (Å²) in [5, 5.41) is 0. The number of anilines is 3. The molecule has 0 fully saturated rings. The molecule has 0 bridgehead atoms. The van der Waals surface area contributed by atoms with Gasteiger partial charge in [-0.05, 0) is 164 Å². The Morgan fingerprint density at radius 1 is 0.315 bits per heavy atom. The van der Waals surface area contributed by atoms with Crippen LogP contribution in [0.25, 0.3) is 23.3 Å². The maximum absolute atomic E-state index is 2.34. The molecule has 0 atom stereocenters. The summed E-state index contributed by atoms with van der Waals surface area (Å²) in [6.07, 6.45) is 4.63. The topological polar surface area (TPSA) is 3.24 Å². The highest BCUT2D eigenvalue weighted by molar-refractivity contribution is 5.93. The fourth-order valence-electron chi connectivity index (χ4n) is 6.86. The predicted molar refractivity (Wildman–Crippen MR) is 234 cm³/mol. The van der Waals surface area contributed by atoms with Gasteiger partial charge in [0, 0.05) is 17.1 Å². The van der Waals surface area contributed by atoms with Gasteiger partial charge in [0.1, 0.15) is 0 Å². The summed E-state index contributed by atoms with van der Waals surface area (Å²) < 4.78 is 0. The number of aryl methyl sites for hydroxylation is 7. The van der Waals surface area contributed by atoms with Crippen molar-refractivity contribution in [3.8, 4) is 0 Å². The average Bonchev–Trinajstić information content (AvgIpc) is 3.18. The van der Waals surface area contributed by atoms with Crippen molar-refractivity contribution in [3.63, 3.8) is 0 Å². The van der Waals surface area contributed by atoms with Crippen LogP contribution in [0.5, 0.6) is 0 Å². The number of hydrogen-bond acceptors (Lipinski definition) is 1. The van der Waals surface area contributed by atoms with Crippen LogP contribution in [0, 0.1) is 48.5 Å². The van der Waals surface area contributed by atoms with E-state index in [4.69, 9.17) is 0 Å². The first-order valence-corrected chi connectivity index (χ1v) is 18.9. The highest BCUT2D eigenvalue weighted by atomic mass is 15.1. The van der Waals surface area contributed by atoms with Gasteiger partial charge >= 0.3 is 0 Å². The van der Waals surface area contributed by atoms with Crippen molar-refractivity contribution in [1.29, 1.82) is 0 Å². The fourth-order valence-corrected chi connectivity index (χ4v) is 6.86. The third-order valence-corrected chi connectivity index (χ3v) is 10.6. The smallest absolute Gasteiger partial charge is 0.0462 e. The minimum atomic E-state index is 1.11. The third-order valence-electron chi connectivity index (χ3n) is 10.6. The van der Waals surface area contributed by atoms with Gasteiger partial charge in [0.05, 0.1) is 0 Å². The quantitative estimate of drug-likeness (QED) is 0.136. The van der Waals surface area contributed by atoms with Crippen LogP contribution >= 0.6 is 0 Å². The molecule has 0 saturated carbocycles. The number of benzene rings is 7. The summed E-state index contributed by atoms with van der Waals surface area (Å²) in [5.41, 5.74) is 21.9. The lowest BCUT2D eigenvalue weighted by molar-refractivity contribution is 1.27. The molecule has 0 N–H and O–H groups in total. The lowest BCUT2D eigenvalue weighted by Gasteiger charge is -2.26. The lowest BCUT2D eigenvalue weighted by atomic mass is 9.93. The van der Waals surface area contributed by atoms with E-state index in [1.807, 2.05) is 0 Å². The molecule has 0 amide bonds. The zero-order valence-electron chi connectivity index (χ0n) is 32.6. The van der Waals surface area contributed by atoms with Crippen molar-refractivity contribution < 1.29 is 0 Å². The average molecular weight is 700 g/mol. The molecule has 0 radical (unpaired) electrons. The van der Waals surface area contributed by atoms with E-state index in [-0.39, 0.29) is 0 Å². The summed E-state index contributed by atoms with van der Waals surface area (Å²) in [6, 6.07) is 57.9. The Bertz CT molecular complexity index is 2290. The van der Waals surface area contributed by atoms with Crippen molar-refractivity contribution in [2.45, 2.75) is 48.5 Å². The van der Waals surface area contributed by atoms with Gasteiger partial charge in [0.2, 0.25) is 0 Å². The van der Waals surface area contributed by atoms with Gasteiger partial charge in [-0.2, -0.15) is 0 Å². The molecule has 7 aromatic rings. The van der Waals surface area contributed by atoms with Crippen LogP contribution in [0.4, 0.5) is 17.1 Å². The molecule has 7 rings (SSSR count). The summed E-state index contributed by atoms with van der Waals surface area (Å²) >= 11 is 0. The van der Waals surface area contributed by atoms with Crippen LogP contribution in [-0.4, -0.2) is 0 Å². The molecule has 7 aromatic carbocycles. The van der Waals surface area contributed by atoms with Gasteiger partial charge < -0.3 is 4.90 Å². The first-order chi connectivity index (χ1) is 26.1. The zero-order chi connectivity index (χ0) is 37.8. The standard InChI is InChI=1S/C53H49N/c1-36-8-20-45(21-9-36)52(47-24-14-39(4)41(6)32-47)34-43-16-28-50(29-17-43)54(49-26-12-38(3)13-27-49)51-30-18-44(19-31-51)35-53(46-22-10-37(2)11-23-46)48-25-15-40(5)42(7)33-48/h8-35H,1-7H3. The second-order valence-corrected chi connectivity index (χ2v) is 14.8. The van der Waals surface area contributed by atoms with Gasteiger partial charge in [0.15, 0.2) is 0 Å². The van der Waals surface area contributed by atoms with Crippen molar-refractivity contribution >= 4 is 40.4 Å². The molecule has 0 aliphatic heterocycles. The van der Waals surface area contributed by atoms with Gasteiger partial charge in [-0.3, -0.25) is 0 Å². The molecule has 0 aliphatic carbocycles. The molecule has 0 heterocycles. The van der Waals surface area contributed by atoms with E-state index in [1.165, 1.54) is 72.3 Å². The Hall–Kier alpha value is -6.18. The minimum Gasteiger partial charge on any atom is -0.311 e. The van der Waals surface area contributed by atoms with Crippen LogP contribution in [0.15, 0.2) is 158 Å². The van der Waals surface area contributed by atoms with Crippen LogP contribution in [-0.2, 0) is 0 Å². The first kappa shape index (κ1) is 36.2. The van der Waals surface area contributed by atoms with Crippen LogP contribution in [0.2, 0.25) is 0 Å². The van der Waals surface area contributed by atoms with Crippen LogP contribution in [0.3, 0.4) is 0 Å². The SMILES string of the molecule is Cc1ccc(C(=Cc2ccc(N(c3ccc(C)cc3)c3ccc(C=C(c4ccc(C)cc4)c4ccc(C)c(C)c4)cc3)cc2)c2ccc(C)c(C)c2)cc1. The normalized spacial score (nSPS) is 11.8. The predicted octanol–water partition coefficient (Wildman–Crippen LogP) is 14.5. The van der Waals surface area contributed by atoms with E-state index in [1.54, 1.807) is 0 Å². The van der Waals surface area contributed by atoms with Gasteiger partial charge in [-0.15, -0.1) is 0 Å². The zero-order valence-corrected chi connectivity index (χ0v) is 32.6. The molecule has 0 aliphatic rings. The highest BCUT2D eigenvalue weighted by Gasteiger charge is 2.14. The van der Waals surface area contributed by atoms with E-state index >= 15 is 0 Å². The monoisotopic (exact) mass is 699 g/mol. The summed E-state index contributed by atoms with van der Waals surface area (Å²) in [7, 11) is 0. The van der Waals surface area contributed by atoms with E-state index < -0.39 is 0 Å². The highest BCUT2D eigenvalue weighted by Crippen LogP contribution is 2.37. The van der Waals surface area contributed by atoms with Crippen LogP contribution < -0.4 is 4.90 Å². The number of hydrogen-bond donors (Lipinski definition) is 0. The molecule has 266 valence electrons.